The van der Waals surface area contributed by atoms with Crippen molar-refractivity contribution in [3.8, 4) is 11.3 Å². The number of benzene rings is 1. The van der Waals surface area contributed by atoms with E-state index in [1.807, 2.05) is 17.7 Å². The monoisotopic (exact) mass is 405 g/mol. The summed E-state index contributed by atoms with van der Waals surface area (Å²) in [4.78, 5) is 25.2. The van der Waals surface area contributed by atoms with E-state index in [2.05, 4.69) is 20.3 Å². The summed E-state index contributed by atoms with van der Waals surface area (Å²) in [5, 5.41) is 3.51. The number of hydrogen-bond acceptors (Lipinski definition) is 4. The first kappa shape index (κ1) is 21.7. The highest BCUT2D eigenvalue weighted by Crippen LogP contribution is 2.23. The molecule has 11 heteroatoms. The van der Waals surface area contributed by atoms with Crippen molar-refractivity contribution in [2.45, 2.75) is 0 Å². The molecule has 0 unspecified atom stereocenters. The third kappa shape index (κ3) is 4.02. The van der Waals surface area contributed by atoms with Crippen LogP contribution in [0.3, 0.4) is 0 Å². The van der Waals surface area contributed by atoms with Gasteiger partial charge in [-0.25, -0.2) is 9.97 Å². The molecule has 1 aromatic carbocycles. The second kappa shape index (κ2) is 8.57. The molecule has 142 valence electrons. The maximum absolute atomic E-state index is 12.4. The molecule has 0 spiro atoms. The molecule has 0 saturated carbocycles. The molecule has 4 rings (SSSR count). The highest BCUT2D eigenvalue weighted by molar-refractivity contribution is 6.67. The van der Waals surface area contributed by atoms with Crippen molar-refractivity contribution in [3.63, 3.8) is 0 Å². The fraction of sp³-hybridized carbons (Fsp3) is 0.0476. The SMILES string of the molecule is [B]c1c([B])c([B])c(/C=C/C(=O)Nc2cc3cc(-c4cncn4C)cnc3cn2)c([B])c1[B]. The highest BCUT2D eigenvalue weighted by Gasteiger charge is 2.10. The lowest BCUT2D eigenvalue weighted by Gasteiger charge is -2.18. The largest absolute Gasteiger partial charge is 0.334 e. The number of aromatic nitrogens is 4. The van der Waals surface area contributed by atoms with Gasteiger partial charge in [0.1, 0.15) is 45.0 Å². The zero-order valence-corrected chi connectivity index (χ0v) is 17.2. The maximum Gasteiger partial charge on any atom is 0.249 e. The normalized spacial score (nSPS) is 11.3. The van der Waals surface area contributed by atoms with Crippen LogP contribution in [0.4, 0.5) is 5.82 Å². The molecular formula is C21H12B5N5O. The minimum absolute atomic E-state index is 0.112. The van der Waals surface area contributed by atoms with E-state index in [0.717, 1.165) is 16.6 Å². The van der Waals surface area contributed by atoms with E-state index in [0.29, 0.717) is 16.9 Å². The van der Waals surface area contributed by atoms with E-state index in [9.17, 15) is 4.79 Å². The minimum atomic E-state index is -0.444. The topological polar surface area (TPSA) is 72.7 Å². The van der Waals surface area contributed by atoms with E-state index < -0.39 is 5.91 Å². The third-order valence-corrected chi connectivity index (χ3v) is 5.07. The number of hydrogen-bond donors (Lipinski definition) is 1. The quantitative estimate of drug-likeness (QED) is 0.306. The molecule has 0 bridgehead atoms. The number of carbonyl (C=O) groups is 1. The lowest BCUT2D eigenvalue weighted by molar-refractivity contribution is -0.111. The molecule has 1 amide bonds. The number of pyridine rings is 2. The zero-order chi connectivity index (χ0) is 23.0. The van der Waals surface area contributed by atoms with Crippen molar-refractivity contribution < 1.29 is 4.79 Å². The van der Waals surface area contributed by atoms with Gasteiger partial charge in [0, 0.05) is 30.3 Å². The Morgan fingerprint density at radius 1 is 0.938 bits per heavy atom. The predicted octanol–water partition coefficient (Wildman–Crippen LogP) is -2.35. The van der Waals surface area contributed by atoms with Gasteiger partial charge in [0.2, 0.25) is 5.91 Å². The number of anilines is 1. The van der Waals surface area contributed by atoms with Crippen molar-refractivity contribution in [3.05, 3.63) is 48.7 Å². The zero-order valence-electron chi connectivity index (χ0n) is 17.2. The number of imidazole rings is 1. The minimum Gasteiger partial charge on any atom is -0.334 e. The van der Waals surface area contributed by atoms with Gasteiger partial charge in [-0.15, -0.1) is 16.4 Å². The second-order valence-electron chi connectivity index (χ2n) is 7.18. The van der Waals surface area contributed by atoms with Crippen LogP contribution in [0.5, 0.6) is 0 Å². The van der Waals surface area contributed by atoms with Crippen molar-refractivity contribution in [2.24, 2.45) is 7.05 Å². The Labute approximate surface area is 192 Å². The molecular weight excluding hydrogens is 392 g/mol. The predicted molar refractivity (Wildman–Crippen MR) is 133 cm³/mol. The first-order valence-corrected chi connectivity index (χ1v) is 9.49. The summed E-state index contributed by atoms with van der Waals surface area (Å²) in [5.74, 6) is -0.0891. The van der Waals surface area contributed by atoms with Crippen LogP contribution in [0.25, 0.3) is 28.2 Å². The maximum atomic E-state index is 12.4. The van der Waals surface area contributed by atoms with Crippen LogP contribution in [0.2, 0.25) is 0 Å². The van der Waals surface area contributed by atoms with Crippen LogP contribution in [0.15, 0.2) is 43.1 Å². The van der Waals surface area contributed by atoms with E-state index in [1.54, 1.807) is 31.0 Å². The van der Waals surface area contributed by atoms with Gasteiger partial charge >= 0.3 is 0 Å². The number of nitrogens with zero attached hydrogens (tertiary/aromatic N) is 4. The molecule has 0 aliphatic heterocycles. The van der Waals surface area contributed by atoms with Crippen molar-refractivity contribution in [1.82, 2.24) is 19.5 Å². The summed E-state index contributed by atoms with van der Waals surface area (Å²) >= 11 is 0. The molecule has 3 aromatic heterocycles. The standard InChI is InChI=1S/C21H12B5N5O/c1-31-9-27-8-14(31)11-4-10-5-15(29-7-13(10)28-6-11)30-16(32)3-2-12-17(22)19(24)21(26)20(25)18(12)23/h2-9H,1H3,(H,29,30,32)/b3-2+. The molecule has 10 radical (unpaired) electrons. The molecule has 0 saturated heterocycles. The summed E-state index contributed by atoms with van der Waals surface area (Å²) in [7, 11) is 31.3. The first-order chi connectivity index (χ1) is 15.3. The van der Waals surface area contributed by atoms with E-state index in [4.69, 9.17) is 39.2 Å². The summed E-state index contributed by atoms with van der Waals surface area (Å²) in [6, 6.07) is 3.68. The molecule has 6 nitrogen and oxygen atoms in total. The lowest BCUT2D eigenvalue weighted by atomic mass is 9.60. The van der Waals surface area contributed by atoms with E-state index >= 15 is 0 Å². The third-order valence-electron chi connectivity index (χ3n) is 5.07. The number of fused-ring (bicyclic) bond motifs is 1. The van der Waals surface area contributed by atoms with Gasteiger partial charge in [-0.3, -0.25) is 9.78 Å². The van der Waals surface area contributed by atoms with E-state index in [-0.39, 0.29) is 27.3 Å². The number of aryl methyl sites for hydroxylation is 1. The molecule has 32 heavy (non-hydrogen) atoms. The van der Waals surface area contributed by atoms with Crippen LogP contribution in [-0.4, -0.2) is 64.7 Å². The van der Waals surface area contributed by atoms with Gasteiger partial charge in [0.05, 0.1) is 29.9 Å². The molecule has 4 aromatic rings. The van der Waals surface area contributed by atoms with Gasteiger partial charge in [-0.05, 0) is 17.7 Å². The number of nitrogens with one attached hydrogen (secondary N) is 1. The van der Waals surface area contributed by atoms with Gasteiger partial charge < -0.3 is 9.88 Å². The second-order valence-corrected chi connectivity index (χ2v) is 7.18. The van der Waals surface area contributed by atoms with Gasteiger partial charge in [-0.1, -0.05) is 17.0 Å². The van der Waals surface area contributed by atoms with Crippen LogP contribution in [-0.2, 0) is 11.8 Å². The summed E-state index contributed by atoms with van der Waals surface area (Å²) in [5.41, 5.74) is 3.47. The number of amides is 1. The Bertz CT molecular complexity index is 1370. The average molecular weight is 404 g/mol. The molecule has 0 aliphatic rings. The molecule has 3 heterocycles. The Morgan fingerprint density at radius 2 is 1.62 bits per heavy atom. The van der Waals surface area contributed by atoms with Crippen LogP contribution in [0.1, 0.15) is 5.56 Å². The molecule has 0 aliphatic carbocycles. The van der Waals surface area contributed by atoms with Crippen molar-refractivity contribution >= 4 is 95.2 Å². The molecule has 1 N–H and O–H groups in total. The van der Waals surface area contributed by atoms with Gasteiger partial charge in [0.15, 0.2) is 0 Å². The van der Waals surface area contributed by atoms with Crippen LogP contribution < -0.4 is 32.6 Å². The number of rotatable bonds is 4. The summed E-state index contributed by atoms with van der Waals surface area (Å²) in [6.07, 6.45) is 9.49. The Balaban J connectivity index is 1.58. The Hall–Kier alpha value is -3.48. The Morgan fingerprint density at radius 3 is 2.28 bits per heavy atom. The van der Waals surface area contributed by atoms with Gasteiger partial charge in [-0.2, -0.15) is 0 Å². The molecule has 0 fully saturated rings. The van der Waals surface area contributed by atoms with E-state index in [1.165, 1.54) is 12.2 Å². The summed E-state index contributed by atoms with van der Waals surface area (Å²) in [6.45, 7) is 0. The van der Waals surface area contributed by atoms with Crippen molar-refractivity contribution in [1.29, 1.82) is 0 Å². The van der Waals surface area contributed by atoms with Crippen LogP contribution >= 0.6 is 0 Å². The number of carbonyl (C=O) groups excluding carboxylic acids is 1. The Kier molecular flexibility index (Phi) is 5.83. The highest BCUT2D eigenvalue weighted by atomic mass is 16.1. The van der Waals surface area contributed by atoms with Gasteiger partial charge in [0.25, 0.3) is 0 Å². The average Bonchev–Trinajstić information content (AvgIpc) is 3.21. The fourth-order valence-corrected chi connectivity index (χ4v) is 3.25. The van der Waals surface area contributed by atoms with Crippen molar-refractivity contribution in [2.75, 3.05) is 5.32 Å². The smallest absolute Gasteiger partial charge is 0.249 e. The lowest BCUT2D eigenvalue weighted by Crippen LogP contribution is -2.55. The van der Waals surface area contributed by atoms with Crippen LogP contribution in [0, 0.1) is 0 Å². The first-order valence-electron chi connectivity index (χ1n) is 9.49. The molecule has 0 atom stereocenters. The fourth-order valence-electron chi connectivity index (χ4n) is 3.25. The summed E-state index contributed by atoms with van der Waals surface area (Å²) < 4.78 is 1.89.